The Morgan fingerprint density at radius 2 is 2.00 bits per heavy atom. The van der Waals surface area contributed by atoms with Crippen molar-refractivity contribution in [2.45, 2.75) is 38.6 Å². The lowest BCUT2D eigenvalue weighted by atomic mass is 9.90. The molecule has 1 aromatic carbocycles. The first kappa shape index (κ1) is 19.6. The molecule has 124 valence electrons. The molecular formula is C16H23Cl3N2O. The van der Waals surface area contributed by atoms with E-state index in [0.717, 1.165) is 48.0 Å². The summed E-state index contributed by atoms with van der Waals surface area (Å²) in [5.74, 6) is 0.726. The first-order valence-electron chi connectivity index (χ1n) is 7.43. The maximum atomic E-state index is 12.0. The Hall–Kier alpha value is -0.480. The van der Waals surface area contributed by atoms with Gasteiger partial charge in [-0.25, -0.2) is 0 Å². The molecule has 1 amide bonds. The van der Waals surface area contributed by atoms with E-state index in [9.17, 15) is 4.79 Å². The van der Waals surface area contributed by atoms with Crippen LogP contribution in [0.15, 0.2) is 18.2 Å². The van der Waals surface area contributed by atoms with Gasteiger partial charge in [0.1, 0.15) is 0 Å². The molecule has 1 saturated heterocycles. The monoisotopic (exact) mass is 364 g/mol. The molecule has 1 unspecified atom stereocenters. The van der Waals surface area contributed by atoms with Crippen LogP contribution in [0.25, 0.3) is 0 Å². The van der Waals surface area contributed by atoms with E-state index in [0.29, 0.717) is 12.3 Å². The van der Waals surface area contributed by atoms with Crippen molar-refractivity contribution < 1.29 is 4.79 Å². The molecular weight excluding hydrogens is 343 g/mol. The number of hydrogen-bond acceptors (Lipinski definition) is 2. The molecule has 1 heterocycles. The number of nitrogens with two attached hydrogens (primary N) is 1. The third-order valence-corrected chi connectivity index (χ3v) is 4.58. The number of piperidine rings is 1. The van der Waals surface area contributed by atoms with Gasteiger partial charge < -0.3 is 10.6 Å². The molecule has 0 spiro atoms. The number of likely N-dealkylation sites (tertiary alicyclic amines) is 1. The molecule has 2 N–H and O–H groups in total. The number of carbonyl (C=O) groups excluding carboxylic acids is 1. The fraction of sp³-hybridized carbons (Fsp3) is 0.562. The van der Waals surface area contributed by atoms with Crippen LogP contribution in [0.1, 0.15) is 31.7 Å². The number of halogens is 3. The van der Waals surface area contributed by atoms with E-state index in [4.69, 9.17) is 28.9 Å². The van der Waals surface area contributed by atoms with E-state index in [-0.39, 0.29) is 24.4 Å². The molecule has 0 radical (unpaired) electrons. The summed E-state index contributed by atoms with van der Waals surface area (Å²) in [5.41, 5.74) is 6.79. The van der Waals surface area contributed by atoms with E-state index >= 15 is 0 Å². The second-order valence-electron chi connectivity index (χ2n) is 5.95. The summed E-state index contributed by atoms with van der Waals surface area (Å²) < 4.78 is 0. The molecule has 0 bridgehead atoms. The van der Waals surface area contributed by atoms with E-state index < -0.39 is 0 Å². The van der Waals surface area contributed by atoms with Crippen molar-refractivity contribution in [3.8, 4) is 0 Å². The molecule has 0 aliphatic carbocycles. The van der Waals surface area contributed by atoms with Gasteiger partial charge >= 0.3 is 0 Å². The molecule has 3 nitrogen and oxygen atoms in total. The second kappa shape index (κ2) is 8.97. The highest BCUT2D eigenvalue weighted by Crippen LogP contribution is 2.27. The Morgan fingerprint density at radius 3 is 2.59 bits per heavy atom. The molecule has 1 aliphatic heterocycles. The summed E-state index contributed by atoms with van der Waals surface area (Å²) in [6, 6.07) is 5.53. The van der Waals surface area contributed by atoms with Crippen molar-refractivity contribution in [1.29, 1.82) is 0 Å². The van der Waals surface area contributed by atoms with Gasteiger partial charge in [-0.1, -0.05) is 23.2 Å². The number of hydrogen-bond donors (Lipinski definition) is 1. The Bertz CT molecular complexity index is 500. The van der Waals surface area contributed by atoms with Crippen LogP contribution in [0, 0.1) is 5.92 Å². The van der Waals surface area contributed by atoms with E-state index in [1.54, 1.807) is 0 Å². The van der Waals surface area contributed by atoms with Crippen molar-refractivity contribution in [1.82, 2.24) is 4.90 Å². The first-order chi connectivity index (χ1) is 9.95. The summed E-state index contributed by atoms with van der Waals surface area (Å²) >= 11 is 12.2. The van der Waals surface area contributed by atoms with Crippen LogP contribution in [0.5, 0.6) is 0 Å². The van der Waals surface area contributed by atoms with Crippen molar-refractivity contribution in [3.63, 3.8) is 0 Å². The van der Waals surface area contributed by atoms with Crippen molar-refractivity contribution >= 4 is 41.5 Å². The van der Waals surface area contributed by atoms with Crippen molar-refractivity contribution in [2.24, 2.45) is 11.7 Å². The predicted octanol–water partition coefficient (Wildman–Crippen LogP) is 3.93. The average molecular weight is 366 g/mol. The highest BCUT2D eigenvalue weighted by Gasteiger charge is 2.23. The quantitative estimate of drug-likeness (QED) is 0.878. The number of nitrogens with zero attached hydrogens (tertiary/aromatic N) is 1. The van der Waals surface area contributed by atoms with Crippen LogP contribution in [-0.2, 0) is 11.2 Å². The Balaban J connectivity index is 0.00000242. The third-order valence-electron chi connectivity index (χ3n) is 3.98. The number of benzene rings is 1. The molecule has 1 aromatic rings. The van der Waals surface area contributed by atoms with Gasteiger partial charge in [0.2, 0.25) is 5.91 Å². The van der Waals surface area contributed by atoms with Crippen LogP contribution in [0.3, 0.4) is 0 Å². The van der Waals surface area contributed by atoms with Gasteiger partial charge in [0.25, 0.3) is 0 Å². The first-order valence-corrected chi connectivity index (χ1v) is 8.18. The lowest BCUT2D eigenvalue weighted by molar-refractivity contribution is -0.132. The Kier molecular flexibility index (Phi) is 7.98. The highest BCUT2D eigenvalue weighted by atomic mass is 35.5. The van der Waals surface area contributed by atoms with Crippen LogP contribution < -0.4 is 5.73 Å². The van der Waals surface area contributed by atoms with Crippen molar-refractivity contribution in [2.75, 3.05) is 13.1 Å². The minimum atomic E-state index is -0.0690. The zero-order chi connectivity index (χ0) is 15.4. The van der Waals surface area contributed by atoms with Gasteiger partial charge in [-0.3, -0.25) is 4.79 Å². The molecule has 1 aliphatic rings. The summed E-state index contributed by atoms with van der Waals surface area (Å²) in [4.78, 5) is 13.9. The summed E-state index contributed by atoms with van der Waals surface area (Å²) in [6.45, 7) is 3.49. The lowest BCUT2D eigenvalue weighted by Crippen LogP contribution is -2.40. The van der Waals surface area contributed by atoms with Gasteiger partial charge in [0.05, 0.1) is 0 Å². The molecule has 6 heteroatoms. The number of carbonyl (C=O) groups is 1. The fourth-order valence-electron chi connectivity index (χ4n) is 2.80. The van der Waals surface area contributed by atoms with Crippen LogP contribution in [0.2, 0.25) is 10.0 Å². The summed E-state index contributed by atoms with van der Waals surface area (Å²) in [6.07, 6.45) is 3.38. The SMILES string of the molecule is CC(N)CC(=O)N1CCC(Cc2cc(Cl)ccc2Cl)CC1.Cl. The molecule has 22 heavy (non-hydrogen) atoms. The van der Waals surface area contributed by atoms with E-state index in [2.05, 4.69) is 0 Å². The maximum Gasteiger partial charge on any atom is 0.224 e. The number of rotatable bonds is 4. The molecule has 2 rings (SSSR count). The summed E-state index contributed by atoms with van der Waals surface area (Å²) in [7, 11) is 0. The van der Waals surface area contributed by atoms with Gasteiger partial charge in [-0.15, -0.1) is 12.4 Å². The molecule has 0 saturated carbocycles. The standard InChI is InChI=1S/C16H22Cl2N2O.ClH/c1-11(19)8-16(21)20-6-4-12(5-7-20)9-13-10-14(17)2-3-15(13)18;/h2-3,10-12H,4-9,19H2,1H3;1H. The van der Waals surface area contributed by atoms with Gasteiger partial charge in [-0.2, -0.15) is 0 Å². The summed E-state index contributed by atoms with van der Waals surface area (Å²) in [5, 5.41) is 1.49. The highest BCUT2D eigenvalue weighted by molar-refractivity contribution is 6.33. The normalized spacial score (nSPS) is 17.0. The zero-order valence-corrected chi connectivity index (χ0v) is 15.1. The fourth-order valence-corrected chi connectivity index (χ4v) is 3.19. The average Bonchev–Trinajstić information content (AvgIpc) is 2.43. The van der Waals surface area contributed by atoms with Gasteiger partial charge in [0, 0.05) is 35.6 Å². The Morgan fingerprint density at radius 1 is 1.36 bits per heavy atom. The minimum Gasteiger partial charge on any atom is -0.343 e. The van der Waals surface area contributed by atoms with E-state index in [1.807, 2.05) is 30.0 Å². The largest absolute Gasteiger partial charge is 0.343 e. The van der Waals surface area contributed by atoms with Gasteiger partial charge in [0.15, 0.2) is 0 Å². The second-order valence-corrected chi connectivity index (χ2v) is 6.79. The van der Waals surface area contributed by atoms with Crippen LogP contribution >= 0.6 is 35.6 Å². The van der Waals surface area contributed by atoms with Crippen LogP contribution in [-0.4, -0.2) is 29.9 Å². The lowest BCUT2D eigenvalue weighted by Gasteiger charge is -2.32. The molecule has 1 fully saturated rings. The predicted molar refractivity (Wildman–Crippen MR) is 95.0 cm³/mol. The van der Waals surface area contributed by atoms with E-state index in [1.165, 1.54) is 0 Å². The van der Waals surface area contributed by atoms with Crippen molar-refractivity contribution in [3.05, 3.63) is 33.8 Å². The molecule has 0 aromatic heterocycles. The zero-order valence-electron chi connectivity index (χ0n) is 12.7. The maximum absolute atomic E-state index is 12.0. The number of amides is 1. The topological polar surface area (TPSA) is 46.3 Å². The third kappa shape index (κ3) is 5.62. The Labute approximate surface area is 148 Å². The van der Waals surface area contributed by atoms with Crippen LogP contribution in [0.4, 0.5) is 0 Å². The minimum absolute atomic E-state index is 0. The molecule has 1 atom stereocenters. The smallest absolute Gasteiger partial charge is 0.224 e. The van der Waals surface area contributed by atoms with Gasteiger partial charge in [-0.05, 0) is 55.9 Å².